The molecule has 0 bridgehead atoms. The zero-order valence-corrected chi connectivity index (χ0v) is 18.4. The Bertz CT molecular complexity index is 1210. The van der Waals surface area contributed by atoms with Gasteiger partial charge in [-0.2, -0.15) is 0 Å². The summed E-state index contributed by atoms with van der Waals surface area (Å²) in [7, 11) is 0. The van der Waals surface area contributed by atoms with E-state index in [1.807, 2.05) is 49.4 Å². The molecule has 30 heavy (non-hydrogen) atoms. The molecule has 1 aromatic heterocycles. The van der Waals surface area contributed by atoms with E-state index in [-0.39, 0.29) is 0 Å². The first-order valence-corrected chi connectivity index (χ1v) is 10.6. The molecule has 6 heteroatoms. The summed E-state index contributed by atoms with van der Waals surface area (Å²) in [6.07, 6.45) is -1.32. The highest BCUT2D eigenvalue weighted by Gasteiger charge is 2.24. The summed E-state index contributed by atoms with van der Waals surface area (Å²) in [5, 5.41) is 15.2. The quantitative estimate of drug-likeness (QED) is 0.360. The summed E-state index contributed by atoms with van der Waals surface area (Å²) in [5.41, 5.74) is 3.96. The average molecular weight is 485 g/mol. The van der Waals surface area contributed by atoms with Gasteiger partial charge in [0.1, 0.15) is 5.58 Å². The molecule has 0 fully saturated rings. The van der Waals surface area contributed by atoms with Crippen molar-refractivity contribution < 1.29 is 14.3 Å². The fourth-order valence-corrected chi connectivity index (χ4v) is 4.17. The van der Waals surface area contributed by atoms with E-state index in [0.29, 0.717) is 20.8 Å². The zero-order chi connectivity index (χ0) is 21.3. The van der Waals surface area contributed by atoms with Gasteiger partial charge in [-0.1, -0.05) is 54.1 Å². The first kappa shape index (κ1) is 20.7. The van der Waals surface area contributed by atoms with Crippen LogP contribution in [0.2, 0.25) is 5.02 Å². The highest BCUT2D eigenvalue weighted by Crippen LogP contribution is 2.29. The standard InChI is InChI=1S/C24H19BrClNO3/c1-14-11-18(26)8-9-19(14)22(15-5-3-2-4-6-15)27-24(29)23(28)16-7-10-20-17(12-16)13-21(25)30-20/h2-13,22-23,28H,1H3,(H,27,29). The van der Waals surface area contributed by atoms with Crippen molar-refractivity contribution in [1.82, 2.24) is 5.32 Å². The number of halogens is 2. The van der Waals surface area contributed by atoms with Gasteiger partial charge in [0.05, 0.1) is 6.04 Å². The lowest BCUT2D eigenvalue weighted by molar-refractivity contribution is -0.130. The first-order valence-electron chi connectivity index (χ1n) is 9.41. The van der Waals surface area contributed by atoms with Gasteiger partial charge in [-0.05, 0) is 75.4 Å². The maximum absolute atomic E-state index is 13.0. The third-order valence-corrected chi connectivity index (χ3v) is 5.66. The minimum absolute atomic E-state index is 0.419. The second-order valence-corrected chi connectivity index (χ2v) is 8.32. The molecular weight excluding hydrogens is 466 g/mol. The molecule has 1 amide bonds. The summed E-state index contributed by atoms with van der Waals surface area (Å²) in [5.74, 6) is -0.486. The number of rotatable bonds is 5. The van der Waals surface area contributed by atoms with Crippen LogP contribution < -0.4 is 5.32 Å². The van der Waals surface area contributed by atoms with Crippen molar-refractivity contribution in [2.75, 3.05) is 0 Å². The molecule has 4 aromatic rings. The van der Waals surface area contributed by atoms with Crippen LogP contribution in [-0.4, -0.2) is 11.0 Å². The molecule has 0 aliphatic carbocycles. The lowest BCUT2D eigenvalue weighted by Crippen LogP contribution is -2.34. The van der Waals surface area contributed by atoms with E-state index in [2.05, 4.69) is 21.2 Å². The van der Waals surface area contributed by atoms with E-state index < -0.39 is 18.1 Å². The van der Waals surface area contributed by atoms with Crippen LogP contribution in [0.15, 0.2) is 81.9 Å². The lowest BCUT2D eigenvalue weighted by atomic mass is 9.94. The molecule has 0 aliphatic rings. The molecule has 4 nitrogen and oxygen atoms in total. The van der Waals surface area contributed by atoms with Crippen LogP contribution in [0.1, 0.15) is 34.4 Å². The Morgan fingerprint density at radius 2 is 1.80 bits per heavy atom. The van der Waals surface area contributed by atoms with Crippen molar-refractivity contribution >= 4 is 44.4 Å². The third kappa shape index (κ3) is 4.29. The van der Waals surface area contributed by atoms with Gasteiger partial charge in [-0.3, -0.25) is 4.79 Å². The van der Waals surface area contributed by atoms with E-state index in [1.165, 1.54) is 0 Å². The SMILES string of the molecule is Cc1cc(Cl)ccc1C(NC(=O)C(O)c1ccc2oc(Br)cc2c1)c1ccccc1. The molecule has 3 aromatic carbocycles. The van der Waals surface area contributed by atoms with Crippen molar-refractivity contribution in [1.29, 1.82) is 0 Å². The molecular formula is C24H19BrClNO3. The topological polar surface area (TPSA) is 62.5 Å². The van der Waals surface area contributed by atoms with Crippen molar-refractivity contribution in [3.63, 3.8) is 0 Å². The predicted molar refractivity (Wildman–Crippen MR) is 121 cm³/mol. The summed E-state index contributed by atoms with van der Waals surface area (Å²) in [4.78, 5) is 13.0. The number of aryl methyl sites for hydroxylation is 1. The molecule has 1 heterocycles. The zero-order valence-electron chi connectivity index (χ0n) is 16.1. The molecule has 0 aliphatic heterocycles. The van der Waals surface area contributed by atoms with Crippen molar-refractivity contribution in [2.24, 2.45) is 0 Å². The molecule has 0 saturated heterocycles. The number of amides is 1. The molecule has 2 unspecified atom stereocenters. The van der Waals surface area contributed by atoms with Crippen molar-refractivity contribution in [3.05, 3.63) is 105 Å². The number of benzene rings is 3. The highest BCUT2D eigenvalue weighted by atomic mass is 79.9. The van der Waals surface area contributed by atoms with Gasteiger partial charge in [0.25, 0.3) is 5.91 Å². The molecule has 0 spiro atoms. The van der Waals surface area contributed by atoms with Crippen LogP contribution >= 0.6 is 27.5 Å². The monoisotopic (exact) mass is 483 g/mol. The fraction of sp³-hybridized carbons (Fsp3) is 0.125. The minimum atomic E-state index is -1.32. The van der Waals surface area contributed by atoms with E-state index in [1.54, 1.807) is 30.3 Å². The Balaban J connectivity index is 1.65. The Morgan fingerprint density at radius 3 is 2.53 bits per heavy atom. The first-order chi connectivity index (χ1) is 14.4. The van der Waals surface area contributed by atoms with E-state index in [4.69, 9.17) is 16.0 Å². The number of nitrogens with one attached hydrogen (secondary N) is 1. The predicted octanol–water partition coefficient (Wildman–Crippen LogP) is 6.10. The number of furan rings is 1. The number of aliphatic hydroxyl groups is 1. The molecule has 0 saturated carbocycles. The number of hydrogen-bond donors (Lipinski definition) is 2. The maximum Gasteiger partial charge on any atom is 0.254 e. The molecule has 2 N–H and O–H groups in total. The van der Waals surface area contributed by atoms with Crippen LogP contribution in [0.4, 0.5) is 0 Å². The molecule has 2 atom stereocenters. The van der Waals surface area contributed by atoms with Crippen LogP contribution in [0.5, 0.6) is 0 Å². The highest BCUT2D eigenvalue weighted by molar-refractivity contribution is 9.10. The second-order valence-electron chi connectivity index (χ2n) is 7.10. The van der Waals surface area contributed by atoms with E-state index in [9.17, 15) is 9.90 Å². The van der Waals surface area contributed by atoms with Crippen molar-refractivity contribution in [2.45, 2.75) is 19.1 Å². The Kier molecular flexibility index (Phi) is 5.95. The normalized spacial score (nSPS) is 13.2. The second kappa shape index (κ2) is 8.64. The Hall–Kier alpha value is -2.60. The van der Waals surface area contributed by atoms with Gasteiger partial charge in [-0.15, -0.1) is 0 Å². The number of aliphatic hydroxyl groups excluding tert-OH is 1. The van der Waals surface area contributed by atoms with Gasteiger partial charge in [0.2, 0.25) is 0 Å². The van der Waals surface area contributed by atoms with Gasteiger partial charge in [-0.25, -0.2) is 0 Å². The Morgan fingerprint density at radius 1 is 1.03 bits per heavy atom. The van der Waals surface area contributed by atoms with E-state index >= 15 is 0 Å². The molecule has 152 valence electrons. The summed E-state index contributed by atoms with van der Waals surface area (Å²) >= 11 is 9.41. The number of carbonyl (C=O) groups excluding carboxylic acids is 1. The van der Waals surface area contributed by atoms with Crippen LogP contribution in [-0.2, 0) is 4.79 Å². The van der Waals surface area contributed by atoms with Crippen LogP contribution in [0.3, 0.4) is 0 Å². The van der Waals surface area contributed by atoms with Crippen LogP contribution in [0.25, 0.3) is 11.0 Å². The number of hydrogen-bond acceptors (Lipinski definition) is 3. The number of carbonyl (C=O) groups is 1. The van der Waals surface area contributed by atoms with Gasteiger partial charge >= 0.3 is 0 Å². The maximum atomic E-state index is 13.0. The minimum Gasteiger partial charge on any atom is -0.449 e. The summed E-state index contributed by atoms with van der Waals surface area (Å²) in [6, 6.07) is 21.8. The summed E-state index contributed by atoms with van der Waals surface area (Å²) in [6.45, 7) is 1.95. The van der Waals surface area contributed by atoms with E-state index in [0.717, 1.165) is 22.1 Å². The third-order valence-electron chi connectivity index (χ3n) is 5.04. The Labute approximate surface area is 187 Å². The van der Waals surface area contributed by atoms with Gasteiger partial charge < -0.3 is 14.8 Å². The average Bonchev–Trinajstić information content (AvgIpc) is 3.11. The number of fused-ring (bicyclic) bond motifs is 1. The van der Waals surface area contributed by atoms with Crippen molar-refractivity contribution in [3.8, 4) is 0 Å². The lowest BCUT2D eigenvalue weighted by Gasteiger charge is -2.23. The van der Waals surface area contributed by atoms with Gasteiger partial charge in [0, 0.05) is 10.4 Å². The molecule has 0 radical (unpaired) electrons. The summed E-state index contributed by atoms with van der Waals surface area (Å²) < 4.78 is 6.08. The molecule has 4 rings (SSSR count). The van der Waals surface area contributed by atoms with Gasteiger partial charge in [0.15, 0.2) is 10.8 Å². The van der Waals surface area contributed by atoms with Crippen LogP contribution in [0, 0.1) is 6.92 Å². The largest absolute Gasteiger partial charge is 0.449 e. The smallest absolute Gasteiger partial charge is 0.254 e. The fourth-order valence-electron chi connectivity index (χ4n) is 3.52.